The molecule has 1 fully saturated rings. The predicted molar refractivity (Wildman–Crippen MR) is 34.5 cm³/mol. The smallest absolute Gasteiger partial charge is 0.155 e. The number of aliphatic hydroxyl groups excluding tert-OH is 1. The third-order valence-corrected chi connectivity index (χ3v) is 0.761. The van der Waals surface area contributed by atoms with E-state index in [-0.39, 0.29) is 12.4 Å². The first-order valence-electron chi connectivity index (χ1n) is 3.03. The van der Waals surface area contributed by atoms with Gasteiger partial charge in [0.15, 0.2) is 5.78 Å². The molecule has 0 atom stereocenters. The molecule has 0 aliphatic carbocycles. The maximum atomic E-state index is 9.56. The van der Waals surface area contributed by atoms with E-state index in [2.05, 4.69) is 0 Å². The van der Waals surface area contributed by atoms with E-state index in [1.807, 2.05) is 0 Å². The van der Waals surface area contributed by atoms with Crippen LogP contribution in [0.5, 0.6) is 0 Å². The average molecular weight is 148 g/mol. The van der Waals surface area contributed by atoms with Crippen molar-refractivity contribution in [1.82, 2.24) is 0 Å². The summed E-state index contributed by atoms with van der Waals surface area (Å²) in [6, 6.07) is 0. The van der Waals surface area contributed by atoms with E-state index in [1.165, 1.54) is 6.92 Å². The molecule has 1 N–H and O–H groups in total. The first-order valence-corrected chi connectivity index (χ1v) is 3.03. The van der Waals surface area contributed by atoms with Gasteiger partial charge in [0, 0.05) is 0 Å². The first-order chi connectivity index (χ1) is 4.77. The third-order valence-electron chi connectivity index (χ3n) is 0.761. The zero-order chi connectivity index (χ0) is 7.82. The van der Waals surface area contributed by atoms with Crippen LogP contribution in [0.3, 0.4) is 0 Å². The van der Waals surface area contributed by atoms with Crippen molar-refractivity contribution in [3.8, 4) is 0 Å². The Bertz CT molecular complexity index is 80.1. The summed E-state index contributed by atoms with van der Waals surface area (Å²) in [5.74, 6) is -0.190. The Balaban J connectivity index is 0.000000162. The SMILES string of the molecule is C1COCO1.CC(=O)CO. The van der Waals surface area contributed by atoms with Crippen LogP contribution in [0, 0.1) is 0 Å². The molecule has 0 unspecified atom stereocenters. The number of aliphatic hydroxyl groups is 1. The highest BCUT2D eigenvalue weighted by Crippen LogP contribution is 1.85. The van der Waals surface area contributed by atoms with Gasteiger partial charge < -0.3 is 14.6 Å². The Labute approximate surface area is 59.7 Å². The zero-order valence-electron chi connectivity index (χ0n) is 6.00. The van der Waals surface area contributed by atoms with E-state index in [0.29, 0.717) is 6.79 Å². The van der Waals surface area contributed by atoms with Gasteiger partial charge in [-0.1, -0.05) is 0 Å². The van der Waals surface area contributed by atoms with Gasteiger partial charge in [-0.15, -0.1) is 0 Å². The Morgan fingerprint density at radius 1 is 1.50 bits per heavy atom. The summed E-state index contributed by atoms with van der Waals surface area (Å²) in [6.07, 6.45) is 0. The van der Waals surface area contributed by atoms with Crippen molar-refractivity contribution in [2.24, 2.45) is 0 Å². The second-order valence-electron chi connectivity index (χ2n) is 1.79. The summed E-state index contributed by atoms with van der Waals surface area (Å²) < 4.78 is 9.44. The van der Waals surface area contributed by atoms with Gasteiger partial charge in [0.2, 0.25) is 0 Å². The van der Waals surface area contributed by atoms with Gasteiger partial charge in [-0.2, -0.15) is 0 Å². The molecule has 1 heterocycles. The van der Waals surface area contributed by atoms with Crippen LogP contribution in [0.4, 0.5) is 0 Å². The van der Waals surface area contributed by atoms with E-state index in [0.717, 1.165) is 13.2 Å². The Hall–Kier alpha value is -0.450. The molecule has 0 radical (unpaired) electrons. The molecule has 4 nitrogen and oxygen atoms in total. The van der Waals surface area contributed by atoms with Gasteiger partial charge in [0.1, 0.15) is 13.4 Å². The molecule has 4 heteroatoms. The second kappa shape index (κ2) is 6.67. The fourth-order valence-corrected chi connectivity index (χ4v) is 0.295. The minimum Gasteiger partial charge on any atom is -0.389 e. The number of ketones is 1. The largest absolute Gasteiger partial charge is 0.389 e. The Kier molecular flexibility index (Phi) is 6.37. The molecular formula is C6H12O4. The first kappa shape index (κ1) is 9.55. The van der Waals surface area contributed by atoms with Crippen LogP contribution in [0.15, 0.2) is 0 Å². The van der Waals surface area contributed by atoms with Crippen LogP contribution < -0.4 is 0 Å². The molecule has 0 aromatic rings. The monoisotopic (exact) mass is 148 g/mol. The van der Waals surface area contributed by atoms with E-state index in [9.17, 15) is 4.79 Å². The fourth-order valence-electron chi connectivity index (χ4n) is 0.295. The number of carbonyl (C=O) groups is 1. The van der Waals surface area contributed by atoms with Crippen molar-refractivity contribution in [1.29, 1.82) is 0 Å². The van der Waals surface area contributed by atoms with Crippen molar-refractivity contribution in [3.63, 3.8) is 0 Å². The van der Waals surface area contributed by atoms with E-state index < -0.39 is 0 Å². The van der Waals surface area contributed by atoms with Crippen molar-refractivity contribution < 1.29 is 19.4 Å². The number of hydrogen-bond donors (Lipinski definition) is 1. The van der Waals surface area contributed by atoms with Crippen molar-refractivity contribution in [2.45, 2.75) is 6.92 Å². The summed E-state index contributed by atoms with van der Waals surface area (Å²) >= 11 is 0. The quantitative estimate of drug-likeness (QED) is 0.547. The Morgan fingerprint density at radius 2 is 1.90 bits per heavy atom. The molecule has 0 amide bonds. The summed E-state index contributed by atoms with van der Waals surface area (Å²) in [4.78, 5) is 9.56. The second-order valence-corrected chi connectivity index (χ2v) is 1.79. The lowest BCUT2D eigenvalue weighted by molar-refractivity contribution is -0.119. The Morgan fingerprint density at radius 3 is 2.00 bits per heavy atom. The van der Waals surface area contributed by atoms with Crippen molar-refractivity contribution in [2.75, 3.05) is 26.6 Å². The molecule has 0 aromatic heterocycles. The number of rotatable bonds is 1. The fraction of sp³-hybridized carbons (Fsp3) is 0.833. The molecular weight excluding hydrogens is 136 g/mol. The van der Waals surface area contributed by atoms with Crippen LogP contribution in [0.25, 0.3) is 0 Å². The predicted octanol–water partition coefficient (Wildman–Crippen LogP) is -0.442. The van der Waals surface area contributed by atoms with Crippen LogP contribution in [-0.4, -0.2) is 37.5 Å². The maximum absolute atomic E-state index is 9.56. The summed E-state index contributed by atoms with van der Waals surface area (Å²) in [5.41, 5.74) is 0. The van der Waals surface area contributed by atoms with Gasteiger partial charge in [-0.05, 0) is 6.92 Å². The normalized spacial score (nSPS) is 15.8. The summed E-state index contributed by atoms with van der Waals surface area (Å²) in [5, 5.41) is 7.79. The summed E-state index contributed by atoms with van der Waals surface area (Å²) in [7, 11) is 0. The number of hydrogen-bond acceptors (Lipinski definition) is 4. The van der Waals surface area contributed by atoms with Crippen molar-refractivity contribution in [3.05, 3.63) is 0 Å². The van der Waals surface area contributed by atoms with Crippen molar-refractivity contribution >= 4 is 5.78 Å². The molecule has 1 aliphatic rings. The van der Waals surface area contributed by atoms with Crippen LogP contribution in [-0.2, 0) is 14.3 Å². The van der Waals surface area contributed by atoms with Crippen LogP contribution in [0.1, 0.15) is 6.92 Å². The molecule has 60 valence electrons. The molecule has 0 spiro atoms. The van der Waals surface area contributed by atoms with Gasteiger partial charge in [-0.25, -0.2) is 0 Å². The number of carbonyl (C=O) groups excluding carboxylic acids is 1. The highest BCUT2D eigenvalue weighted by Gasteiger charge is 1.93. The standard InChI is InChI=1S/2C3H6O2/c1-2-5-3-4-1;1-3(5)2-4/h1-3H2;4H,2H2,1H3. The molecule has 0 bridgehead atoms. The van der Waals surface area contributed by atoms with Gasteiger partial charge in [-0.3, -0.25) is 4.79 Å². The maximum Gasteiger partial charge on any atom is 0.155 e. The molecule has 1 rings (SSSR count). The minimum absolute atomic E-state index is 0.190. The molecule has 0 saturated carbocycles. The topological polar surface area (TPSA) is 55.8 Å². The van der Waals surface area contributed by atoms with Crippen LogP contribution in [0.2, 0.25) is 0 Å². The highest BCUT2D eigenvalue weighted by atomic mass is 16.7. The van der Waals surface area contributed by atoms with Gasteiger partial charge in [0.25, 0.3) is 0 Å². The van der Waals surface area contributed by atoms with E-state index >= 15 is 0 Å². The lowest BCUT2D eigenvalue weighted by atomic mass is 10.5. The lowest BCUT2D eigenvalue weighted by Crippen LogP contribution is -1.93. The van der Waals surface area contributed by atoms with E-state index in [4.69, 9.17) is 14.6 Å². The summed E-state index contributed by atoms with van der Waals surface area (Å²) in [6.45, 7) is 3.06. The molecule has 1 aliphatic heterocycles. The zero-order valence-corrected chi connectivity index (χ0v) is 6.00. The minimum atomic E-state index is -0.333. The third kappa shape index (κ3) is 7.55. The molecule has 10 heavy (non-hydrogen) atoms. The average Bonchev–Trinajstić information content (AvgIpc) is 2.43. The van der Waals surface area contributed by atoms with Gasteiger partial charge in [0.05, 0.1) is 13.2 Å². The number of ether oxygens (including phenoxy) is 2. The highest BCUT2D eigenvalue weighted by molar-refractivity contribution is 5.76. The number of Topliss-reactive ketones (excluding diaryl/α,β-unsaturated/α-hetero) is 1. The molecule has 0 aromatic carbocycles. The lowest BCUT2D eigenvalue weighted by Gasteiger charge is -1.76. The van der Waals surface area contributed by atoms with Gasteiger partial charge >= 0.3 is 0 Å². The van der Waals surface area contributed by atoms with E-state index in [1.54, 1.807) is 0 Å². The van der Waals surface area contributed by atoms with Crippen LogP contribution >= 0.6 is 0 Å². The molecule has 1 saturated heterocycles.